The van der Waals surface area contributed by atoms with Crippen molar-refractivity contribution in [3.8, 4) is 0 Å². The molecule has 0 saturated carbocycles. The van der Waals surface area contributed by atoms with Crippen LogP contribution in [0.25, 0.3) is 0 Å². The van der Waals surface area contributed by atoms with Gasteiger partial charge in [0.05, 0.1) is 15.9 Å². The molecule has 6 nitrogen and oxygen atoms in total. The number of aliphatic hydroxyl groups excluding tert-OH is 1. The van der Waals surface area contributed by atoms with Crippen LogP contribution in [0.2, 0.25) is 0 Å². The van der Waals surface area contributed by atoms with Gasteiger partial charge in [0.25, 0.3) is 0 Å². The molecule has 1 atom stereocenters. The van der Waals surface area contributed by atoms with Crippen LogP contribution in [-0.2, 0) is 17.7 Å². The Morgan fingerprint density at radius 1 is 1.50 bits per heavy atom. The zero-order chi connectivity index (χ0) is 16.9. The Kier molecular flexibility index (Phi) is 6.87. The number of carbonyl (C=O) groups excluding carboxylic acids is 1. The van der Waals surface area contributed by atoms with E-state index in [1.54, 1.807) is 0 Å². The van der Waals surface area contributed by atoms with Crippen molar-refractivity contribution in [1.82, 2.24) is 15.1 Å². The van der Waals surface area contributed by atoms with E-state index < -0.39 is 11.7 Å². The fraction of sp³-hybridized carbons (Fsp3) is 0.733. The quantitative estimate of drug-likeness (QED) is 0.800. The second-order valence-corrected chi connectivity index (χ2v) is 7.09. The molecule has 0 fully saturated rings. The molecule has 0 aliphatic carbocycles. The molecule has 0 aliphatic heterocycles. The van der Waals surface area contributed by atoms with Crippen LogP contribution in [0.1, 0.15) is 39.1 Å². The summed E-state index contributed by atoms with van der Waals surface area (Å²) in [6.07, 6.45) is 0.159. The number of halogens is 1. The molecule has 0 spiro atoms. The normalized spacial score (nSPS) is 13.0. The molecular formula is C15H26BrN3O3. The first-order chi connectivity index (χ1) is 10.2. The number of aliphatic hydroxyl groups is 1. The second kappa shape index (κ2) is 7.97. The summed E-state index contributed by atoms with van der Waals surface area (Å²) in [5.74, 6) is -0.0924. The van der Waals surface area contributed by atoms with Gasteiger partial charge in [-0.1, -0.05) is 0 Å². The Labute approximate surface area is 140 Å². The predicted molar refractivity (Wildman–Crippen MR) is 88.9 cm³/mol. The minimum Gasteiger partial charge on any atom is -0.444 e. The summed E-state index contributed by atoms with van der Waals surface area (Å²) < 4.78 is 8.07. The highest BCUT2D eigenvalue weighted by Crippen LogP contribution is 2.23. The van der Waals surface area contributed by atoms with Gasteiger partial charge in [-0.2, -0.15) is 5.10 Å². The van der Waals surface area contributed by atoms with Crippen molar-refractivity contribution in [3.05, 3.63) is 15.9 Å². The van der Waals surface area contributed by atoms with Crippen LogP contribution in [-0.4, -0.2) is 39.7 Å². The van der Waals surface area contributed by atoms with Crippen molar-refractivity contribution in [1.29, 1.82) is 0 Å². The van der Waals surface area contributed by atoms with Gasteiger partial charge in [0, 0.05) is 25.6 Å². The minimum atomic E-state index is -0.528. The van der Waals surface area contributed by atoms with Gasteiger partial charge in [-0.15, -0.1) is 0 Å². The highest BCUT2D eigenvalue weighted by Gasteiger charge is 2.20. The number of alkyl carbamates (subject to hydrolysis) is 1. The van der Waals surface area contributed by atoms with E-state index in [-0.39, 0.29) is 12.5 Å². The van der Waals surface area contributed by atoms with Crippen LogP contribution in [0.5, 0.6) is 0 Å². The summed E-state index contributed by atoms with van der Waals surface area (Å²) in [5.41, 5.74) is 1.43. The third-order valence-electron chi connectivity index (χ3n) is 3.13. The molecule has 2 N–H and O–H groups in total. The van der Waals surface area contributed by atoms with Crippen LogP contribution >= 0.6 is 15.9 Å². The molecule has 0 aliphatic rings. The van der Waals surface area contributed by atoms with E-state index in [0.29, 0.717) is 13.0 Å². The summed E-state index contributed by atoms with van der Waals surface area (Å²) in [5, 5.41) is 16.7. The minimum absolute atomic E-state index is 0.0177. The molecule has 7 heteroatoms. The Hall–Kier alpha value is -1.08. The standard InChI is InChI=1S/C15H26BrN3O3/c1-6-19-12(13(16)10(2)18-19)7-11(9-20)8-17-14(21)22-15(3,4)5/h11,20H,6-9H2,1-5H3,(H,17,21). The first-order valence-corrected chi connectivity index (χ1v) is 8.26. The summed E-state index contributed by atoms with van der Waals surface area (Å²) in [6, 6.07) is 0. The van der Waals surface area contributed by atoms with Crippen molar-refractivity contribution in [2.75, 3.05) is 13.2 Å². The van der Waals surface area contributed by atoms with E-state index in [1.165, 1.54) is 0 Å². The van der Waals surface area contributed by atoms with Crippen molar-refractivity contribution >= 4 is 22.0 Å². The molecule has 0 saturated heterocycles. The summed E-state index contributed by atoms with van der Waals surface area (Å²) in [7, 11) is 0. The Bertz CT molecular complexity index is 509. The molecule has 0 radical (unpaired) electrons. The molecule has 22 heavy (non-hydrogen) atoms. The highest BCUT2D eigenvalue weighted by atomic mass is 79.9. The highest BCUT2D eigenvalue weighted by molar-refractivity contribution is 9.10. The van der Waals surface area contributed by atoms with E-state index >= 15 is 0 Å². The van der Waals surface area contributed by atoms with E-state index in [1.807, 2.05) is 39.3 Å². The first kappa shape index (κ1) is 19.0. The van der Waals surface area contributed by atoms with Crippen molar-refractivity contribution < 1.29 is 14.6 Å². The third kappa shape index (κ3) is 5.61. The maximum atomic E-state index is 11.7. The number of amides is 1. The third-order valence-corrected chi connectivity index (χ3v) is 4.16. The Morgan fingerprint density at radius 2 is 2.14 bits per heavy atom. The number of rotatable bonds is 6. The number of aryl methyl sites for hydroxylation is 2. The van der Waals surface area contributed by atoms with Crippen molar-refractivity contribution in [2.24, 2.45) is 5.92 Å². The number of nitrogens with one attached hydrogen (secondary N) is 1. The molecule has 1 amide bonds. The van der Waals surface area contributed by atoms with E-state index in [9.17, 15) is 9.90 Å². The number of hydrogen-bond donors (Lipinski definition) is 2. The Morgan fingerprint density at radius 3 is 2.64 bits per heavy atom. The van der Waals surface area contributed by atoms with Crippen LogP contribution in [0.3, 0.4) is 0 Å². The van der Waals surface area contributed by atoms with E-state index in [4.69, 9.17) is 4.74 Å². The maximum absolute atomic E-state index is 11.7. The average molecular weight is 376 g/mol. The molecular weight excluding hydrogens is 350 g/mol. The van der Waals surface area contributed by atoms with E-state index in [0.717, 1.165) is 22.4 Å². The smallest absolute Gasteiger partial charge is 0.407 e. The Balaban J connectivity index is 2.65. The predicted octanol–water partition coefficient (Wildman–Crippen LogP) is 2.65. The topological polar surface area (TPSA) is 76.4 Å². The molecule has 1 aromatic rings. The molecule has 0 aromatic carbocycles. The molecule has 1 rings (SSSR count). The number of nitrogens with zero attached hydrogens (tertiary/aromatic N) is 2. The second-order valence-electron chi connectivity index (χ2n) is 6.30. The van der Waals surface area contributed by atoms with Crippen LogP contribution in [0.15, 0.2) is 4.47 Å². The van der Waals surface area contributed by atoms with Crippen LogP contribution in [0, 0.1) is 12.8 Å². The van der Waals surface area contributed by atoms with Gasteiger partial charge >= 0.3 is 6.09 Å². The van der Waals surface area contributed by atoms with Gasteiger partial charge in [0.2, 0.25) is 0 Å². The molecule has 1 heterocycles. The number of ether oxygens (including phenoxy) is 1. The fourth-order valence-corrected chi connectivity index (χ4v) is 2.53. The van der Waals surface area contributed by atoms with Gasteiger partial charge in [0.15, 0.2) is 0 Å². The lowest BCUT2D eigenvalue weighted by atomic mass is 10.0. The van der Waals surface area contributed by atoms with Crippen LogP contribution < -0.4 is 5.32 Å². The van der Waals surface area contributed by atoms with Gasteiger partial charge in [-0.25, -0.2) is 4.79 Å². The SMILES string of the molecule is CCn1nc(C)c(Br)c1CC(CO)CNC(=O)OC(C)(C)C. The lowest BCUT2D eigenvalue weighted by Gasteiger charge is -2.21. The van der Waals surface area contributed by atoms with Crippen molar-refractivity contribution in [2.45, 2.75) is 53.2 Å². The fourth-order valence-electron chi connectivity index (χ4n) is 2.08. The average Bonchev–Trinajstić information content (AvgIpc) is 2.68. The van der Waals surface area contributed by atoms with Gasteiger partial charge in [-0.05, 0) is 57.0 Å². The number of hydrogen-bond acceptors (Lipinski definition) is 4. The molecule has 1 aromatic heterocycles. The number of carbonyl (C=O) groups is 1. The van der Waals surface area contributed by atoms with Crippen LogP contribution in [0.4, 0.5) is 4.79 Å². The van der Waals surface area contributed by atoms with Gasteiger partial charge < -0.3 is 15.2 Å². The zero-order valence-electron chi connectivity index (χ0n) is 13.9. The molecule has 126 valence electrons. The number of aromatic nitrogens is 2. The summed E-state index contributed by atoms with van der Waals surface area (Å²) in [6.45, 7) is 10.5. The van der Waals surface area contributed by atoms with Crippen molar-refractivity contribution in [3.63, 3.8) is 0 Å². The molecule has 1 unspecified atom stereocenters. The van der Waals surface area contributed by atoms with Gasteiger partial charge in [0.1, 0.15) is 5.60 Å². The lowest BCUT2D eigenvalue weighted by molar-refractivity contribution is 0.0512. The monoisotopic (exact) mass is 375 g/mol. The first-order valence-electron chi connectivity index (χ1n) is 7.47. The van der Waals surface area contributed by atoms with Gasteiger partial charge in [-0.3, -0.25) is 4.68 Å². The summed E-state index contributed by atoms with van der Waals surface area (Å²) in [4.78, 5) is 11.7. The lowest BCUT2D eigenvalue weighted by Crippen LogP contribution is -2.36. The summed E-state index contributed by atoms with van der Waals surface area (Å²) >= 11 is 3.54. The zero-order valence-corrected chi connectivity index (χ0v) is 15.5. The molecule has 0 bridgehead atoms. The maximum Gasteiger partial charge on any atom is 0.407 e. The van der Waals surface area contributed by atoms with E-state index in [2.05, 4.69) is 26.3 Å². The largest absolute Gasteiger partial charge is 0.444 e.